The Labute approximate surface area is 147 Å². The van der Waals surface area contributed by atoms with E-state index in [1.807, 2.05) is 28.9 Å². The highest BCUT2D eigenvalue weighted by atomic mass is 16.2. The van der Waals surface area contributed by atoms with E-state index >= 15 is 0 Å². The molecule has 3 aromatic rings. The maximum absolute atomic E-state index is 13.2. The number of carbonyl (C=O) groups excluding carboxylic acids is 1. The summed E-state index contributed by atoms with van der Waals surface area (Å²) in [5.41, 5.74) is 4.56. The number of hydrogen-bond donors (Lipinski definition) is 0. The Balaban J connectivity index is 1.48. The first-order valence-electron chi connectivity index (χ1n) is 9.13. The van der Waals surface area contributed by atoms with Crippen molar-refractivity contribution >= 4 is 11.6 Å². The van der Waals surface area contributed by atoms with E-state index in [0.717, 1.165) is 37.0 Å². The molecule has 2 aliphatic rings. The molecule has 0 radical (unpaired) electrons. The fourth-order valence-electron chi connectivity index (χ4n) is 4.67. The second-order valence-corrected chi connectivity index (χ2v) is 7.16. The monoisotopic (exact) mass is 331 g/mol. The van der Waals surface area contributed by atoms with Gasteiger partial charge >= 0.3 is 0 Å². The molecule has 4 nitrogen and oxygen atoms in total. The van der Waals surface area contributed by atoms with E-state index in [2.05, 4.69) is 34.1 Å². The Bertz CT molecular complexity index is 945. The van der Waals surface area contributed by atoms with Gasteiger partial charge in [0.15, 0.2) is 0 Å². The summed E-state index contributed by atoms with van der Waals surface area (Å²) in [7, 11) is 0. The van der Waals surface area contributed by atoms with E-state index in [9.17, 15) is 4.79 Å². The molecule has 4 heteroatoms. The van der Waals surface area contributed by atoms with Gasteiger partial charge in [-0.2, -0.15) is 0 Å². The fourth-order valence-corrected chi connectivity index (χ4v) is 4.67. The third-order valence-electron chi connectivity index (χ3n) is 5.84. The van der Waals surface area contributed by atoms with Crippen molar-refractivity contribution in [1.29, 1.82) is 0 Å². The molecule has 2 atom stereocenters. The van der Waals surface area contributed by atoms with Gasteiger partial charge in [0, 0.05) is 37.1 Å². The quantitative estimate of drug-likeness (QED) is 0.682. The standard InChI is InChI=1S/C21H21N3O/c25-21(16-8-10-20-22-11-13-23(20)14-16)24-12-3-6-18-17-5-2-1-4-15(17)7-9-19(18)24/h1-2,4-5,8,10-11,13-14,18-19H,3,6-7,9,12H2/t18-,19+/m1/s1. The van der Waals surface area contributed by atoms with Crippen molar-refractivity contribution in [3.8, 4) is 0 Å². The van der Waals surface area contributed by atoms with Crippen LogP contribution >= 0.6 is 0 Å². The summed E-state index contributed by atoms with van der Waals surface area (Å²) in [4.78, 5) is 19.6. The van der Waals surface area contributed by atoms with Crippen LogP contribution in [0.15, 0.2) is 55.0 Å². The van der Waals surface area contributed by atoms with Crippen LogP contribution in [0.1, 0.15) is 46.7 Å². The van der Waals surface area contributed by atoms with Crippen LogP contribution < -0.4 is 0 Å². The summed E-state index contributed by atoms with van der Waals surface area (Å²) in [6.07, 6.45) is 9.97. The van der Waals surface area contributed by atoms with E-state index in [0.29, 0.717) is 12.0 Å². The molecular formula is C21H21N3O. The molecule has 1 aliphatic heterocycles. The summed E-state index contributed by atoms with van der Waals surface area (Å²) < 4.78 is 1.92. The highest BCUT2D eigenvalue weighted by molar-refractivity contribution is 5.94. The van der Waals surface area contributed by atoms with Crippen molar-refractivity contribution in [3.63, 3.8) is 0 Å². The number of aromatic nitrogens is 2. The minimum atomic E-state index is 0.157. The number of carbonyl (C=O) groups is 1. The van der Waals surface area contributed by atoms with Gasteiger partial charge < -0.3 is 9.30 Å². The zero-order chi connectivity index (χ0) is 16.8. The van der Waals surface area contributed by atoms with Gasteiger partial charge in [-0.25, -0.2) is 4.98 Å². The van der Waals surface area contributed by atoms with E-state index in [1.165, 1.54) is 17.5 Å². The lowest BCUT2D eigenvalue weighted by Gasteiger charge is -2.45. The number of imidazole rings is 1. The third kappa shape index (κ3) is 2.36. The smallest absolute Gasteiger partial charge is 0.255 e. The lowest BCUT2D eigenvalue weighted by Crippen LogP contribution is -2.49. The zero-order valence-electron chi connectivity index (χ0n) is 14.1. The summed E-state index contributed by atoms with van der Waals surface area (Å²) in [5.74, 6) is 0.643. The number of amides is 1. The Hall–Kier alpha value is -2.62. The van der Waals surface area contributed by atoms with Gasteiger partial charge in [0.1, 0.15) is 5.65 Å². The van der Waals surface area contributed by atoms with Crippen LogP contribution in [0.3, 0.4) is 0 Å². The molecule has 0 unspecified atom stereocenters. The van der Waals surface area contributed by atoms with Crippen molar-refractivity contribution in [1.82, 2.24) is 14.3 Å². The van der Waals surface area contributed by atoms with E-state index < -0.39 is 0 Å². The molecular weight excluding hydrogens is 310 g/mol. The van der Waals surface area contributed by atoms with Gasteiger partial charge in [-0.3, -0.25) is 4.79 Å². The first-order chi connectivity index (χ1) is 12.3. The maximum atomic E-state index is 13.2. The zero-order valence-corrected chi connectivity index (χ0v) is 14.1. The number of pyridine rings is 1. The Morgan fingerprint density at radius 1 is 1.12 bits per heavy atom. The molecule has 0 saturated carbocycles. The van der Waals surface area contributed by atoms with Crippen LogP contribution in [0.25, 0.3) is 5.65 Å². The van der Waals surface area contributed by atoms with Crippen molar-refractivity contribution < 1.29 is 4.79 Å². The molecule has 126 valence electrons. The SMILES string of the molecule is O=C(c1ccc2nccn2c1)N1CCC[C@@H]2c3ccccc3CC[C@@H]21. The van der Waals surface area contributed by atoms with Crippen molar-refractivity contribution in [3.05, 3.63) is 71.7 Å². The normalized spacial score (nSPS) is 22.5. The summed E-state index contributed by atoms with van der Waals surface area (Å²) >= 11 is 0. The Kier molecular flexibility index (Phi) is 3.37. The molecule has 0 spiro atoms. The molecule has 1 fully saturated rings. The number of hydrogen-bond acceptors (Lipinski definition) is 2. The molecule has 1 saturated heterocycles. The molecule has 3 heterocycles. The van der Waals surface area contributed by atoms with Crippen LogP contribution in [0.4, 0.5) is 0 Å². The third-order valence-corrected chi connectivity index (χ3v) is 5.84. The lowest BCUT2D eigenvalue weighted by atomic mass is 9.74. The number of likely N-dealkylation sites (tertiary alicyclic amines) is 1. The first-order valence-corrected chi connectivity index (χ1v) is 9.13. The van der Waals surface area contributed by atoms with Crippen LogP contribution in [0.2, 0.25) is 0 Å². The van der Waals surface area contributed by atoms with Gasteiger partial charge in [0.25, 0.3) is 5.91 Å². The van der Waals surface area contributed by atoms with Gasteiger partial charge in [-0.15, -0.1) is 0 Å². The van der Waals surface area contributed by atoms with Crippen LogP contribution in [0, 0.1) is 0 Å². The molecule has 1 aromatic carbocycles. The van der Waals surface area contributed by atoms with Gasteiger partial charge in [0.05, 0.1) is 5.56 Å². The van der Waals surface area contributed by atoms with Crippen molar-refractivity contribution in [2.24, 2.45) is 0 Å². The lowest BCUT2D eigenvalue weighted by molar-refractivity contribution is 0.0546. The average Bonchev–Trinajstić information content (AvgIpc) is 3.14. The molecule has 1 aliphatic carbocycles. The van der Waals surface area contributed by atoms with Crippen LogP contribution in [-0.2, 0) is 6.42 Å². The second-order valence-electron chi connectivity index (χ2n) is 7.16. The minimum Gasteiger partial charge on any atom is -0.335 e. The van der Waals surface area contributed by atoms with Gasteiger partial charge in [-0.1, -0.05) is 24.3 Å². The Morgan fingerprint density at radius 2 is 2.04 bits per heavy atom. The average molecular weight is 331 g/mol. The van der Waals surface area contributed by atoms with E-state index in [1.54, 1.807) is 6.20 Å². The number of piperidine rings is 1. The number of rotatable bonds is 1. The molecule has 2 aromatic heterocycles. The number of aryl methyl sites for hydroxylation is 1. The number of nitrogens with zero attached hydrogens (tertiary/aromatic N) is 3. The number of fused-ring (bicyclic) bond motifs is 4. The van der Waals surface area contributed by atoms with Crippen molar-refractivity contribution in [2.75, 3.05) is 6.54 Å². The molecule has 0 bridgehead atoms. The number of benzene rings is 1. The fraction of sp³-hybridized carbons (Fsp3) is 0.333. The predicted molar refractivity (Wildman–Crippen MR) is 96.8 cm³/mol. The highest BCUT2D eigenvalue weighted by Gasteiger charge is 2.38. The minimum absolute atomic E-state index is 0.157. The van der Waals surface area contributed by atoms with Gasteiger partial charge in [0.2, 0.25) is 0 Å². The van der Waals surface area contributed by atoms with Crippen LogP contribution in [-0.4, -0.2) is 32.8 Å². The van der Waals surface area contributed by atoms with E-state index in [-0.39, 0.29) is 5.91 Å². The predicted octanol–water partition coefficient (Wildman–Crippen LogP) is 3.67. The van der Waals surface area contributed by atoms with Crippen molar-refractivity contribution in [2.45, 2.75) is 37.6 Å². The summed E-state index contributed by atoms with van der Waals surface area (Å²) in [6, 6.07) is 12.9. The summed E-state index contributed by atoms with van der Waals surface area (Å²) in [6.45, 7) is 0.865. The first kappa shape index (κ1) is 14.7. The molecule has 5 rings (SSSR count). The Morgan fingerprint density at radius 3 is 3.00 bits per heavy atom. The molecule has 25 heavy (non-hydrogen) atoms. The molecule has 0 N–H and O–H groups in total. The van der Waals surface area contributed by atoms with Gasteiger partial charge in [-0.05, 0) is 48.9 Å². The summed E-state index contributed by atoms with van der Waals surface area (Å²) in [5, 5.41) is 0. The maximum Gasteiger partial charge on any atom is 0.255 e. The molecule has 1 amide bonds. The highest BCUT2D eigenvalue weighted by Crippen LogP contribution is 2.41. The largest absolute Gasteiger partial charge is 0.335 e. The van der Waals surface area contributed by atoms with E-state index in [4.69, 9.17) is 0 Å². The topological polar surface area (TPSA) is 37.6 Å². The second kappa shape index (κ2) is 5.73. The van der Waals surface area contributed by atoms with Crippen LogP contribution in [0.5, 0.6) is 0 Å².